The van der Waals surface area contributed by atoms with Crippen LogP contribution in [0.4, 0.5) is 4.79 Å². The number of carbonyl (C=O) groups is 2. The van der Waals surface area contributed by atoms with E-state index in [1.165, 1.54) is 10.5 Å². The molecule has 33 heavy (non-hydrogen) atoms. The second kappa shape index (κ2) is 8.62. The molecule has 2 unspecified atom stereocenters. The quantitative estimate of drug-likeness (QED) is 0.702. The monoisotopic (exact) mass is 471 g/mol. The number of likely N-dealkylation sites (N-methyl/N-ethyl adjacent to an activating group) is 1. The predicted molar refractivity (Wildman–Crippen MR) is 126 cm³/mol. The van der Waals surface area contributed by atoms with Gasteiger partial charge in [-0.15, -0.1) is 0 Å². The largest absolute Gasteiger partial charge is 0.325 e. The van der Waals surface area contributed by atoms with Crippen molar-refractivity contribution in [2.24, 2.45) is 4.99 Å². The molecule has 0 radical (unpaired) electrons. The van der Waals surface area contributed by atoms with Gasteiger partial charge in [-0.2, -0.15) is 0 Å². The lowest BCUT2D eigenvalue weighted by Crippen LogP contribution is -2.63. The topological polar surface area (TPSA) is 74.7 Å². The molecule has 1 N–H and O–H groups in total. The summed E-state index contributed by atoms with van der Waals surface area (Å²) in [7, 11) is 1.68. The van der Waals surface area contributed by atoms with E-state index in [1.807, 2.05) is 30.0 Å². The highest BCUT2D eigenvalue weighted by atomic mass is 35.5. The molecular formula is C23H30ClN7O2. The lowest BCUT2D eigenvalue weighted by molar-refractivity contribution is -0.126. The molecule has 0 aliphatic carbocycles. The number of hydrogen-bond donors (Lipinski definition) is 1. The van der Waals surface area contributed by atoms with Crippen LogP contribution in [-0.2, 0) is 11.3 Å². The van der Waals surface area contributed by atoms with Gasteiger partial charge in [-0.25, -0.2) is 9.79 Å². The van der Waals surface area contributed by atoms with Crippen LogP contribution in [0.15, 0.2) is 40.7 Å². The zero-order chi connectivity index (χ0) is 23.3. The van der Waals surface area contributed by atoms with E-state index < -0.39 is 18.2 Å². The van der Waals surface area contributed by atoms with E-state index in [4.69, 9.17) is 16.6 Å². The first-order valence-corrected chi connectivity index (χ1v) is 11.8. The molecule has 2 fully saturated rings. The van der Waals surface area contributed by atoms with Crippen LogP contribution < -0.4 is 5.32 Å². The van der Waals surface area contributed by atoms with Gasteiger partial charge in [0.25, 0.3) is 5.91 Å². The molecule has 4 aliphatic rings. The van der Waals surface area contributed by atoms with Crippen molar-refractivity contribution >= 4 is 29.5 Å². The lowest BCUT2D eigenvalue weighted by atomic mass is 10.1. The van der Waals surface area contributed by atoms with Crippen molar-refractivity contribution < 1.29 is 9.59 Å². The molecule has 10 heteroatoms. The molecular weight excluding hydrogens is 442 g/mol. The number of imide groups is 1. The van der Waals surface area contributed by atoms with Crippen LogP contribution in [0.2, 0.25) is 5.02 Å². The molecule has 0 spiro atoms. The summed E-state index contributed by atoms with van der Waals surface area (Å²) < 4.78 is 0. The summed E-state index contributed by atoms with van der Waals surface area (Å²) >= 11 is 6.33. The average Bonchev–Trinajstić information content (AvgIpc) is 3.30. The van der Waals surface area contributed by atoms with Crippen molar-refractivity contribution in [3.05, 3.63) is 46.2 Å². The third-order valence-corrected chi connectivity index (χ3v) is 7.60. The second-order valence-corrected chi connectivity index (χ2v) is 9.50. The number of piperazine rings is 1. The SMILES string of the molecule is CC1=C(C)N2C(=NC3C2C(=O)NC(=O)N3C)N1CCN1CCN(Cc2ccccc2Cl)CC1. The molecule has 1 aromatic carbocycles. The van der Waals surface area contributed by atoms with Crippen molar-refractivity contribution in [2.75, 3.05) is 46.3 Å². The Hall–Kier alpha value is -2.62. The minimum Gasteiger partial charge on any atom is -0.313 e. The maximum atomic E-state index is 12.6. The number of nitrogens with one attached hydrogen (secondary N) is 1. The Kier molecular flexibility index (Phi) is 5.80. The van der Waals surface area contributed by atoms with Crippen molar-refractivity contribution in [2.45, 2.75) is 32.6 Å². The van der Waals surface area contributed by atoms with E-state index in [2.05, 4.69) is 33.0 Å². The minimum absolute atomic E-state index is 0.287. The van der Waals surface area contributed by atoms with Gasteiger partial charge < -0.3 is 9.80 Å². The Balaban J connectivity index is 1.20. The summed E-state index contributed by atoms with van der Waals surface area (Å²) in [4.78, 5) is 40.0. The minimum atomic E-state index is -0.504. The fraction of sp³-hybridized carbons (Fsp3) is 0.522. The number of halogens is 1. The van der Waals surface area contributed by atoms with Crippen LogP contribution in [0, 0.1) is 0 Å². The van der Waals surface area contributed by atoms with Gasteiger partial charge in [0.2, 0.25) is 5.96 Å². The van der Waals surface area contributed by atoms with Crippen LogP contribution in [-0.4, -0.2) is 101 Å². The summed E-state index contributed by atoms with van der Waals surface area (Å²) in [5, 5.41) is 3.27. The Bertz CT molecular complexity index is 1030. The number of hydrogen-bond acceptors (Lipinski definition) is 7. The zero-order valence-corrected chi connectivity index (χ0v) is 20.0. The van der Waals surface area contributed by atoms with Gasteiger partial charge in [-0.1, -0.05) is 29.8 Å². The fourth-order valence-corrected chi connectivity index (χ4v) is 5.27. The first-order valence-electron chi connectivity index (χ1n) is 11.4. The third kappa shape index (κ3) is 3.88. The number of nitrogens with zero attached hydrogens (tertiary/aromatic N) is 6. The summed E-state index contributed by atoms with van der Waals surface area (Å²) in [6.07, 6.45) is -0.486. The summed E-state index contributed by atoms with van der Waals surface area (Å²) in [5.74, 6) is 0.486. The molecule has 2 saturated heterocycles. The van der Waals surface area contributed by atoms with Gasteiger partial charge in [-0.05, 0) is 25.5 Å². The summed E-state index contributed by atoms with van der Waals surface area (Å²) in [6.45, 7) is 10.7. The molecule has 1 aromatic rings. The number of benzene rings is 1. The number of carbonyl (C=O) groups excluding carboxylic acids is 2. The molecule has 2 atom stereocenters. The Morgan fingerprint density at radius 2 is 1.73 bits per heavy atom. The van der Waals surface area contributed by atoms with Gasteiger partial charge in [0.1, 0.15) is 0 Å². The molecule has 176 valence electrons. The lowest BCUT2D eigenvalue weighted by Gasteiger charge is -2.36. The highest BCUT2D eigenvalue weighted by Gasteiger charge is 2.53. The first-order chi connectivity index (χ1) is 15.8. The predicted octanol–water partition coefficient (Wildman–Crippen LogP) is 1.57. The number of allylic oxidation sites excluding steroid dienone is 2. The molecule has 5 rings (SSSR count). The molecule has 0 saturated carbocycles. The molecule has 0 bridgehead atoms. The number of aliphatic imine (C=N–C) groups is 1. The number of amides is 3. The Morgan fingerprint density at radius 3 is 2.45 bits per heavy atom. The maximum absolute atomic E-state index is 12.6. The summed E-state index contributed by atoms with van der Waals surface area (Å²) in [6, 6.07) is 7.14. The average molecular weight is 472 g/mol. The highest BCUT2D eigenvalue weighted by Crippen LogP contribution is 2.35. The van der Waals surface area contributed by atoms with E-state index in [0.717, 1.165) is 68.2 Å². The molecule has 3 amide bonds. The number of urea groups is 1. The highest BCUT2D eigenvalue weighted by molar-refractivity contribution is 6.31. The standard InChI is InChI=1S/C23H30ClN7O2/c1-15-16(2)31-19-20(27(3)23(33)26-21(19)32)25-22(31)30(15)13-12-28-8-10-29(11-9-28)14-17-6-4-5-7-18(17)24/h4-7,19-20H,8-14H2,1-3H3,(H,26,32,33). The van der Waals surface area contributed by atoms with Crippen LogP contribution in [0.5, 0.6) is 0 Å². The summed E-state index contributed by atoms with van der Waals surface area (Å²) in [5.41, 5.74) is 3.30. The second-order valence-electron chi connectivity index (χ2n) is 9.09. The fourth-order valence-electron chi connectivity index (χ4n) is 5.07. The Labute approximate surface area is 199 Å². The molecule has 4 heterocycles. The van der Waals surface area contributed by atoms with Crippen LogP contribution >= 0.6 is 11.6 Å². The van der Waals surface area contributed by atoms with Gasteiger partial charge >= 0.3 is 6.03 Å². The number of fused-ring (bicyclic) bond motifs is 3. The normalized spacial score (nSPS) is 26.1. The van der Waals surface area contributed by atoms with Crippen molar-refractivity contribution in [3.8, 4) is 0 Å². The van der Waals surface area contributed by atoms with Crippen LogP contribution in [0.1, 0.15) is 19.4 Å². The van der Waals surface area contributed by atoms with Crippen molar-refractivity contribution in [1.29, 1.82) is 0 Å². The third-order valence-electron chi connectivity index (χ3n) is 7.23. The zero-order valence-electron chi connectivity index (χ0n) is 19.3. The number of rotatable bonds is 5. The maximum Gasteiger partial charge on any atom is 0.325 e. The van der Waals surface area contributed by atoms with Gasteiger partial charge in [0.15, 0.2) is 12.2 Å². The molecule has 0 aromatic heterocycles. The smallest absolute Gasteiger partial charge is 0.313 e. The van der Waals surface area contributed by atoms with Gasteiger partial charge in [0, 0.05) is 69.3 Å². The van der Waals surface area contributed by atoms with E-state index in [-0.39, 0.29) is 5.91 Å². The van der Waals surface area contributed by atoms with Crippen LogP contribution in [0.25, 0.3) is 0 Å². The van der Waals surface area contributed by atoms with Crippen molar-refractivity contribution in [1.82, 2.24) is 29.8 Å². The van der Waals surface area contributed by atoms with Gasteiger partial charge in [-0.3, -0.25) is 24.8 Å². The van der Waals surface area contributed by atoms with Crippen molar-refractivity contribution in [3.63, 3.8) is 0 Å². The van der Waals surface area contributed by atoms with E-state index in [0.29, 0.717) is 0 Å². The van der Waals surface area contributed by atoms with Crippen LogP contribution in [0.3, 0.4) is 0 Å². The van der Waals surface area contributed by atoms with E-state index >= 15 is 0 Å². The number of guanidine groups is 1. The first kappa shape index (κ1) is 22.2. The van der Waals surface area contributed by atoms with Gasteiger partial charge in [0.05, 0.1) is 0 Å². The molecule has 9 nitrogen and oxygen atoms in total. The Morgan fingerprint density at radius 1 is 1.03 bits per heavy atom. The van der Waals surface area contributed by atoms with E-state index in [1.54, 1.807) is 7.05 Å². The van der Waals surface area contributed by atoms with E-state index in [9.17, 15) is 9.59 Å². The molecule has 4 aliphatic heterocycles.